The zero-order valence-corrected chi connectivity index (χ0v) is 29.7. The monoisotopic (exact) mass is 690 g/mol. The standard InChI is InChI=1S/C39H62O10/c1-28(2)38-20-16-12-8-11-15-19-31(41)22-33(43)24-35(45)26-37(47)27-36(46)25-34(44)23-32(42)21-30(40)18-14-10-7-5-4-6-9-13-17-29(3)39(48)49-38/h4-7,9-10,13-14,17,28,30,32-36,38,40,42-46H,8,11-12,15-16,18-27H2,1-3H3/b6-4+,7-5+,13-9+,14-10+,29-17-. The Bertz CT molecular complexity index is 1110. The number of aliphatic hydroxyl groups is 6. The molecule has 10 nitrogen and oxygen atoms in total. The molecule has 0 aliphatic carbocycles. The highest BCUT2D eigenvalue weighted by Gasteiger charge is 2.23. The van der Waals surface area contributed by atoms with Gasteiger partial charge in [0.15, 0.2) is 0 Å². The lowest BCUT2D eigenvalue weighted by Crippen LogP contribution is -2.28. The summed E-state index contributed by atoms with van der Waals surface area (Å²) in [5, 5.41) is 61.5. The van der Waals surface area contributed by atoms with E-state index in [0.29, 0.717) is 24.8 Å². The van der Waals surface area contributed by atoms with Crippen LogP contribution in [0.5, 0.6) is 0 Å². The number of aliphatic hydroxyl groups excluding tert-OH is 6. The van der Waals surface area contributed by atoms with E-state index in [-0.39, 0.29) is 68.7 Å². The van der Waals surface area contributed by atoms with Crippen LogP contribution in [-0.2, 0) is 19.1 Å². The topological polar surface area (TPSA) is 182 Å². The fourth-order valence-corrected chi connectivity index (χ4v) is 5.63. The molecule has 0 fully saturated rings. The number of Topliss-reactive ketones (excluding diaryl/α,β-unsaturated/α-hetero) is 2. The average Bonchev–Trinajstić information content (AvgIpc) is 2.99. The number of hydrogen-bond donors (Lipinski definition) is 6. The number of carbonyl (C=O) groups excluding carboxylic acids is 3. The minimum absolute atomic E-state index is 0.0282. The molecule has 7 atom stereocenters. The van der Waals surface area contributed by atoms with Crippen molar-refractivity contribution in [3.8, 4) is 0 Å². The molecule has 0 bridgehead atoms. The van der Waals surface area contributed by atoms with Crippen molar-refractivity contribution in [3.05, 3.63) is 60.3 Å². The fourth-order valence-electron chi connectivity index (χ4n) is 5.63. The van der Waals surface area contributed by atoms with Crippen LogP contribution >= 0.6 is 0 Å². The molecule has 0 saturated carbocycles. The maximum Gasteiger partial charge on any atom is 0.333 e. The lowest BCUT2D eigenvalue weighted by molar-refractivity contribution is -0.146. The molecule has 0 radical (unpaired) electrons. The molecule has 0 spiro atoms. The van der Waals surface area contributed by atoms with Gasteiger partial charge >= 0.3 is 5.97 Å². The summed E-state index contributed by atoms with van der Waals surface area (Å²) in [5.74, 6) is -0.714. The first-order chi connectivity index (χ1) is 23.3. The third-order valence-corrected chi connectivity index (χ3v) is 8.39. The first-order valence-corrected chi connectivity index (χ1v) is 17.9. The lowest BCUT2D eigenvalue weighted by atomic mass is 9.96. The molecule has 6 N–H and O–H groups in total. The maximum atomic E-state index is 12.6. The molecule has 7 unspecified atom stereocenters. The molecule has 1 aliphatic rings. The number of carbonyl (C=O) groups is 3. The van der Waals surface area contributed by atoms with Gasteiger partial charge in [-0.2, -0.15) is 0 Å². The molecule has 0 aromatic rings. The molecule has 0 amide bonds. The zero-order valence-electron chi connectivity index (χ0n) is 29.7. The molecule has 49 heavy (non-hydrogen) atoms. The number of hydrogen-bond acceptors (Lipinski definition) is 10. The van der Waals surface area contributed by atoms with Gasteiger partial charge in [0.25, 0.3) is 0 Å². The van der Waals surface area contributed by atoms with Crippen LogP contribution in [0, 0.1) is 5.92 Å². The summed E-state index contributed by atoms with van der Waals surface area (Å²) < 4.78 is 5.78. The van der Waals surface area contributed by atoms with E-state index in [2.05, 4.69) is 0 Å². The summed E-state index contributed by atoms with van der Waals surface area (Å²) in [6.45, 7) is 5.79. The third-order valence-electron chi connectivity index (χ3n) is 8.39. The molecule has 0 aromatic heterocycles. The van der Waals surface area contributed by atoms with Crippen LogP contribution in [0.15, 0.2) is 60.3 Å². The highest BCUT2D eigenvalue weighted by Crippen LogP contribution is 2.19. The van der Waals surface area contributed by atoms with Crippen molar-refractivity contribution < 1.29 is 49.8 Å². The van der Waals surface area contributed by atoms with E-state index in [1.165, 1.54) is 0 Å². The maximum absolute atomic E-state index is 12.6. The molecule has 1 heterocycles. The summed E-state index contributed by atoms with van der Waals surface area (Å²) in [5.41, 5.74) is 0.505. The first kappa shape index (κ1) is 44.3. The zero-order chi connectivity index (χ0) is 36.6. The van der Waals surface area contributed by atoms with Gasteiger partial charge in [0.2, 0.25) is 0 Å². The number of cyclic esters (lactones) is 1. The van der Waals surface area contributed by atoms with Crippen molar-refractivity contribution in [1.82, 2.24) is 0 Å². The molecule has 1 aliphatic heterocycles. The van der Waals surface area contributed by atoms with Gasteiger partial charge in [0.05, 0.1) is 36.6 Å². The Morgan fingerprint density at radius 1 is 0.592 bits per heavy atom. The molecule has 0 saturated heterocycles. The van der Waals surface area contributed by atoms with Gasteiger partial charge in [-0.1, -0.05) is 87.8 Å². The lowest BCUT2D eigenvalue weighted by Gasteiger charge is -2.21. The Kier molecular flexibility index (Phi) is 23.6. The summed E-state index contributed by atoms with van der Waals surface area (Å²) in [4.78, 5) is 37.3. The second-order valence-electron chi connectivity index (χ2n) is 13.7. The van der Waals surface area contributed by atoms with E-state index in [1.807, 2.05) is 32.1 Å². The predicted molar refractivity (Wildman–Crippen MR) is 190 cm³/mol. The summed E-state index contributed by atoms with van der Waals surface area (Å²) in [6, 6.07) is 0. The molecular weight excluding hydrogens is 628 g/mol. The van der Waals surface area contributed by atoms with Crippen LogP contribution in [0.1, 0.15) is 117 Å². The van der Waals surface area contributed by atoms with E-state index < -0.39 is 42.4 Å². The van der Waals surface area contributed by atoms with Crippen LogP contribution in [0.4, 0.5) is 0 Å². The van der Waals surface area contributed by atoms with Crippen molar-refractivity contribution in [3.63, 3.8) is 0 Å². The molecule has 0 aromatic carbocycles. The molecule has 278 valence electrons. The van der Waals surface area contributed by atoms with E-state index in [4.69, 9.17) is 4.74 Å². The van der Waals surface area contributed by atoms with Crippen molar-refractivity contribution >= 4 is 17.5 Å². The number of esters is 1. The normalized spacial score (nSPS) is 33.9. The number of ether oxygens (including phenoxy) is 1. The smallest absolute Gasteiger partial charge is 0.333 e. The second kappa shape index (κ2) is 26.1. The van der Waals surface area contributed by atoms with Crippen LogP contribution in [0.3, 0.4) is 0 Å². The van der Waals surface area contributed by atoms with Crippen molar-refractivity contribution in [1.29, 1.82) is 0 Å². The van der Waals surface area contributed by atoms with Crippen molar-refractivity contribution in [2.75, 3.05) is 0 Å². The molecule has 1 rings (SSSR count). The fraction of sp³-hybridized carbons (Fsp3) is 0.667. The second-order valence-corrected chi connectivity index (χ2v) is 13.7. The minimum atomic E-state index is -1.18. The van der Waals surface area contributed by atoms with Gasteiger partial charge in [-0.05, 0) is 57.8 Å². The number of rotatable bonds is 1. The first-order valence-electron chi connectivity index (χ1n) is 17.9. The molecular formula is C39H62O10. The Labute approximate surface area is 293 Å². The third kappa shape index (κ3) is 23.3. The van der Waals surface area contributed by atoms with Crippen molar-refractivity contribution in [2.45, 2.75) is 160 Å². The quantitative estimate of drug-likeness (QED) is 0.207. The van der Waals surface area contributed by atoms with Gasteiger partial charge in [-0.25, -0.2) is 4.79 Å². The van der Waals surface area contributed by atoms with E-state index in [0.717, 1.165) is 32.1 Å². The Hall–Kier alpha value is -2.73. The summed E-state index contributed by atoms with van der Waals surface area (Å²) in [7, 11) is 0. The number of allylic oxidation sites excluding steroid dienone is 8. The summed E-state index contributed by atoms with van der Waals surface area (Å²) >= 11 is 0. The van der Waals surface area contributed by atoms with E-state index in [1.54, 1.807) is 43.4 Å². The van der Waals surface area contributed by atoms with Gasteiger partial charge in [-0.15, -0.1) is 0 Å². The average molecular weight is 691 g/mol. The Balaban J connectivity index is 2.80. The van der Waals surface area contributed by atoms with E-state index in [9.17, 15) is 45.0 Å². The SMILES string of the molecule is C/C1=C/C=C/C=C/C=C/C=C/CC(O)CC(O)CC(O)CC(O)CC(=O)CC(O)CC(O)CC(=O)CCCCCCCC(C(C)C)OC1=O. The molecule has 10 heteroatoms. The number of ketones is 2. The van der Waals surface area contributed by atoms with E-state index >= 15 is 0 Å². The van der Waals surface area contributed by atoms with Crippen LogP contribution in [0.2, 0.25) is 0 Å². The van der Waals surface area contributed by atoms with Gasteiger partial charge < -0.3 is 35.4 Å². The Morgan fingerprint density at radius 2 is 1.06 bits per heavy atom. The summed E-state index contributed by atoms with van der Waals surface area (Å²) in [6.07, 6.45) is 14.2. The van der Waals surface area contributed by atoms with Gasteiger partial charge in [0.1, 0.15) is 17.7 Å². The van der Waals surface area contributed by atoms with Gasteiger partial charge in [-0.3, -0.25) is 9.59 Å². The minimum Gasteiger partial charge on any atom is -0.459 e. The highest BCUT2D eigenvalue weighted by molar-refractivity contribution is 5.88. The largest absolute Gasteiger partial charge is 0.459 e. The van der Waals surface area contributed by atoms with Crippen LogP contribution in [0.25, 0.3) is 0 Å². The predicted octanol–water partition coefficient (Wildman–Crippen LogP) is 4.89. The Morgan fingerprint density at radius 3 is 1.67 bits per heavy atom. The van der Waals surface area contributed by atoms with Gasteiger partial charge in [0, 0.05) is 37.7 Å². The highest BCUT2D eigenvalue weighted by atomic mass is 16.5. The van der Waals surface area contributed by atoms with Crippen LogP contribution in [-0.4, -0.2) is 90.9 Å². The van der Waals surface area contributed by atoms with Crippen molar-refractivity contribution in [2.24, 2.45) is 5.92 Å². The van der Waals surface area contributed by atoms with Crippen LogP contribution < -0.4 is 0 Å².